The number of hydrogen-bond donors (Lipinski definition) is 2. The van der Waals surface area contributed by atoms with Crippen LogP contribution in [0.25, 0.3) is 0 Å². The van der Waals surface area contributed by atoms with E-state index in [2.05, 4.69) is 5.16 Å². The summed E-state index contributed by atoms with van der Waals surface area (Å²) in [6, 6.07) is 5.20. The molecule has 6 nitrogen and oxygen atoms in total. The van der Waals surface area contributed by atoms with Crippen LogP contribution in [0, 0.1) is 0 Å². The highest BCUT2D eigenvalue weighted by molar-refractivity contribution is 5.81. The first-order valence-corrected chi connectivity index (χ1v) is 4.53. The van der Waals surface area contributed by atoms with Crippen molar-refractivity contribution in [3.8, 4) is 17.2 Å². The fourth-order valence-electron chi connectivity index (χ4n) is 1.15. The summed E-state index contributed by atoms with van der Waals surface area (Å²) in [5.41, 5.74) is 5.29. The summed E-state index contributed by atoms with van der Waals surface area (Å²) in [6.45, 7) is -0.0278. The Morgan fingerprint density at radius 2 is 2.00 bits per heavy atom. The Morgan fingerprint density at radius 1 is 1.31 bits per heavy atom. The second-order valence-electron chi connectivity index (χ2n) is 2.87. The van der Waals surface area contributed by atoms with E-state index in [9.17, 15) is 0 Å². The zero-order valence-electron chi connectivity index (χ0n) is 9.14. The second kappa shape index (κ2) is 5.69. The number of amidine groups is 1. The van der Waals surface area contributed by atoms with Crippen LogP contribution >= 0.6 is 0 Å². The van der Waals surface area contributed by atoms with Crippen LogP contribution in [0.5, 0.6) is 17.2 Å². The molecule has 0 saturated carbocycles. The molecule has 0 bridgehead atoms. The van der Waals surface area contributed by atoms with Gasteiger partial charge in [-0.05, 0) is 12.1 Å². The van der Waals surface area contributed by atoms with E-state index in [0.717, 1.165) is 0 Å². The van der Waals surface area contributed by atoms with Gasteiger partial charge in [-0.2, -0.15) is 0 Å². The first-order valence-electron chi connectivity index (χ1n) is 4.53. The molecule has 0 radical (unpaired) electrons. The third-order valence-electron chi connectivity index (χ3n) is 1.87. The summed E-state index contributed by atoms with van der Waals surface area (Å²) in [7, 11) is 3.04. The van der Waals surface area contributed by atoms with Gasteiger partial charge in [0, 0.05) is 0 Å². The zero-order chi connectivity index (χ0) is 12.0. The third kappa shape index (κ3) is 2.69. The molecule has 0 spiro atoms. The number of nitrogens with two attached hydrogens (primary N) is 1. The van der Waals surface area contributed by atoms with E-state index in [1.807, 2.05) is 0 Å². The molecule has 0 heterocycles. The van der Waals surface area contributed by atoms with Gasteiger partial charge in [-0.3, -0.25) is 0 Å². The normalized spacial score (nSPS) is 11.0. The number of nitrogens with zero attached hydrogens (tertiary/aromatic N) is 1. The molecular weight excluding hydrogens is 212 g/mol. The van der Waals surface area contributed by atoms with Crippen molar-refractivity contribution in [1.82, 2.24) is 0 Å². The molecule has 0 amide bonds. The lowest BCUT2D eigenvalue weighted by Gasteiger charge is -2.12. The van der Waals surface area contributed by atoms with Crippen LogP contribution in [0.1, 0.15) is 0 Å². The highest BCUT2D eigenvalue weighted by Gasteiger charge is 2.10. The number of methoxy groups -OCH3 is 2. The molecule has 0 aliphatic rings. The maximum atomic E-state index is 8.37. The zero-order valence-corrected chi connectivity index (χ0v) is 9.14. The largest absolute Gasteiger partial charge is 0.493 e. The van der Waals surface area contributed by atoms with Gasteiger partial charge in [0.15, 0.2) is 17.3 Å². The minimum Gasteiger partial charge on any atom is -0.493 e. The number of hydrogen-bond acceptors (Lipinski definition) is 5. The van der Waals surface area contributed by atoms with Gasteiger partial charge in [0.2, 0.25) is 5.75 Å². The van der Waals surface area contributed by atoms with E-state index in [1.54, 1.807) is 18.2 Å². The van der Waals surface area contributed by atoms with Crippen molar-refractivity contribution in [2.24, 2.45) is 10.9 Å². The number of para-hydroxylation sites is 1. The molecule has 0 aliphatic heterocycles. The van der Waals surface area contributed by atoms with Crippen LogP contribution in [0.15, 0.2) is 23.4 Å². The van der Waals surface area contributed by atoms with Gasteiger partial charge in [0.05, 0.1) is 14.2 Å². The summed E-state index contributed by atoms with van der Waals surface area (Å²) in [6.07, 6.45) is 0. The molecule has 0 fully saturated rings. The summed E-state index contributed by atoms with van der Waals surface area (Å²) >= 11 is 0. The average Bonchev–Trinajstić information content (AvgIpc) is 2.34. The van der Waals surface area contributed by atoms with Crippen molar-refractivity contribution in [3.05, 3.63) is 18.2 Å². The summed E-state index contributed by atoms with van der Waals surface area (Å²) in [4.78, 5) is 0. The molecule has 0 unspecified atom stereocenters. The molecule has 0 aliphatic carbocycles. The van der Waals surface area contributed by atoms with Gasteiger partial charge in [0.1, 0.15) is 6.61 Å². The molecule has 1 rings (SSSR count). The van der Waals surface area contributed by atoms with Crippen LogP contribution < -0.4 is 19.9 Å². The van der Waals surface area contributed by atoms with Crippen LogP contribution in [-0.4, -0.2) is 31.9 Å². The minimum absolute atomic E-state index is 0.0233. The Balaban J connectivity index is 2.86. The van der Waals surface area contributed by atoms with Gasteiger partial charge >= 0.3 is 0 Å². The van der Waals surface area contributed by atoms with E-state index in [4.69, 9.17) is 25.2 Å². The fourth-order valence-corrected chi connectivity index (χ4v) is 1.15. The van der Waals surface area contributed by atoms with Crippen LogP contribution in [0.2, 0.25) is 0 Å². The number of rotatable bonds is 5. The average molecular weight is 226 g/mol. The van der Waals surface area contributed by atoms with Gasteiger partial charge in [-0.1, -0.05) is 11.2 Å². The molecule has 1 aromatic rings. The standard InChI is InChI=1S/C10H14N2O4/c1-14-7-4-3-5-8(10(7)15-2)16-6-9(11)12-13/h3-5,13H,6H2,1-2H3,(H2,11,12). The Morgan fingerprint density at radius 3 is 2.56 bits per heavy atom. The molecular formula is C10H14N2O4. The lowest BCUT2D eigenvalue weighted by atomic mass is 10.3. The van der Waals surface area contributed by atoms with Crippen molar-refractivity contribution in [3.63, 3.8) is 0 Å². The second-order valence-corrected chi connectivity index (χ2v) is 2.87. The number of benzene rings is 1. The predicted molar refractivity (Wildman–Crippen MR) is 58.4 cm³/mol. The van der Waals surface area contributed by atoms with Crippen LogP contribution in [-0.2, 0) is 0 Å². The lowest BCUT2D eigenvalue weighted by molar-refractivity contribution is 0.295. The summed E-state index contributed by atoms with van der Waals surface area (Å²) < 4.78 is 15.5. The predicted octanol–water partition coefficient (Wildman–Crippen LogP) is 0.829. The molecule has 0 atom stereocenters. The quantitative estimate of drug-likeness (QED) is 0.336. The van der Waals surface area contributed by atoms with Crippen molar-refractivity contribution in [2.75, 3.05) is 20.8 Å². The van der Waals surface area contributed by atoms with Gasteiger partial charge in [-0.25, -0.2) is 0 Å². The number of oxime groups is 1. The molecule has 6 heteroatoms. The van der Waals surface area contributed by atoms with Gasteiger partial charge < -0.3 is 25.2 Å². The Kier molecular flexibility index (Phi) is 4.26. The highest BCUT2D eigenvalue weighted by Crippen LogP contribution is 2.36. The van der Waals surface area contributed by atoms with E-state index in [-0.39, 0.29) is 12.4 Å². The monoisotopic (exact) mass is 226 g/mol. The third-order valence-corrected chi connectivity index (χ3v) is 1.87. The maximum absolute atomic E-state index is 8.37. The molecule has 0 saturated heterocycles. The highest BCUT2D eigenvalue weighted by atomic mass is 16.5. The van der Waals surface area contributed by atoms with Crippen LogP contribution in [0.3, 0.4) is 0 Å². The van der Waals surface area contributed by atoms with Crippen molar-refractivity contribution < 1.29 is 19.4 Å². The van der Waals surface area contributed by atoms with E-state index >= 15 is 0 Å². The molecule has 1 aromatic carbocycles. The number of ether oxygens (including phenoxy) is 3. The smallest absolute Gasteiger partial charge is 0.203 e. The Labute approximate surface area is 93.2 Å². The van der Waals surface area contributed by atoms with Crippen molar-refractivity contribution >= 4 is 5.84 Å². The Bertz CT molecular complexity index is 379. The van der Waals surface area contributed by atoms with E-state index in [1.165, 1.54) is 14.2 Å². The summed E-state index contributed by atoms with van der Waals surface area (Å²) in [5.74, 6) is 1.47. The van der Waals surface area contributed by atoms with E-state index < -0.39 is 0 Å². The molecule has 88 valence electrons. The molecule has 0 aromatic heterocycles. The maximum Gasteiger partial charge on any atom is 0.203 e. The Hall–Kier alpha value is -2.11. The SMILES string of the molecule is COc1cccc(OC/C(N)=N/O)c1OC. The van der Waals surface area contributed by atoms with Gasteiger partial charge in [0.25, 0.3) is 0 Å². The van der Waals surface area contributed by atoms with Crippen molar-refractivity contribution in [2.45, 2.75) is 0 Å². The van der Waals surface area contributed by atoms with Crippen molar-refractivity contribution in [1.29, 1.82) is 0 Å². The lowest BCUT2D eigenvalue weighted by Crippen LogP contribution is -2.21. The summed E-state index contributed by atoms with van der Waals surface area (Å²) in [5, 5.41) is 11.2. The van der Waals surface area contributed by atoms with E-state index in [0.29, 0.717) is 17.2 Å². The molecule has 16 heavy (non-hydrogen) atoms. The molecule has 3 N–H and O–H groups in total. The minimum atomic E-state index is -0.0278. The fraction of sp³-hybridized carbons (Fsp3) is 0.300. The first kappa shape index (κ1) is 12.0. The van der Waals surface area contributed by atoms with Gasteiger partial charge in [-0.15, -0.1) is 0 Å². The van der Waals surface area contributed by atoms with Crippen LogP contribution in [0.4, 0.5) is 0 Å². The topological polar surface area (TPSA) is 86.3 Å². The first-order chi connectivity index (χ1) is 7.72.